The predicted octanol–water partition coefficient (Wildman–Crippen LogP) is 1.12. The maximum atomic E-state index is 12.0. The number of rotatable bonds is 4. The first kappa shape index (κ1) is 10.6. The molecule has 0 saturated heterocycles. The molecule has 0 amide bonds. The Morgan fingerprint density at radius 3 is 3.07 bits per heavy atom. The zero-order valence-corrected chi connectivity index (χ0v) is 8.07. The van der Waals surface area contributed by atoms with Crippen LogP contribution < -0.4 is 4.57 Å². The molecule has 0 aliphatic rings. The molecule has 76 valence electrons. The fourth-order valence-corrected chi connectivity index (χ4v) is 1.09. The fraction of sp³-hybridized carbons (Fsp3) is 0.400. The van der Waals surface area contributed by atoms with Crippen LogP contribution in [-0.4, -0.2) is 19.3 Å². The minimum absolute atomic E-state index is 0.257. The van der Waals surface area contributed by atoms with Gasteiger partial charge in [-0.15, -0.1) is 0 Å². The second kappa shape index (κ2) is 5.32. The van der Waals surface area contributed by atoms with E-state index < -0.39 is 6.67 Å². The van der Waals surface area contributed by atoms with Gasteiger partial charge in [0.1, 0.15) is 12.2 Å². The zero-order valence-electron chi connectivity index (χ0n) is 8.07. The quantitative estimate of drug-likeness (QED) is 0.536. The van der Waals surface area contributed by atoms with E-state index in [2.05, 4.69) is 0 Å². The summed E-state index contributed by atoms with van der Waals surface area (Å²) < 4.78 is 18.5. The maximum absolute atomic E-state index is 12.0. The SMILES string of the molecule is CCOC(=O)c1ccc[n+](CCF)c1. The Kier molecular flexibility index (Phi) is 4.04. The van der Waals surface area contributed by atoms with Gasteiger partial charge in [-0.05, 0) is 13.0 Å². The lowest BCUT2D eigenvalue weighted by Crippen LogP contribution is -2.34. The third-order valence-electron chi connectivity index (χ3n) is 1.71. The van der Waals surface area contributed by atoms with Crippen LogP contribution in [0.15, 0.2) is 24.5 Å². The molecule has 1 aromatic heterocycles. The van der Waals surface area contributed by atoms with Crippen molar-refractivity contribution in [3.63, 3.8) is 0 Å². The lowest BCUT2D eigenvalue weighted by atomic mass is 10.3. The summed E-state index contributed by atoms with van der Waals surface area (Å²) in [6.07, 6.45) is 3.29. The molecule has 1 heterocycles. The molecule has 0 aliphatic heterocycles. The molecule has 14 heavy (non-hydrogen) atoms. The first-order valence-electron chi connectivity index (χ1n) is 4.50. The molecule has 4 heteroatoms. The number of carbonyl (C=O) groups is 1. The smallest absolute Gasteiger partial charge is 0.344 e. The van der Waals surface area contributed by atoms with Crippen molar-refractivity contribution in [3.8, 4) is 0 Å². The maximum Gasteiger partial charge on any atom is 0.344 e. The molecule has 0 aromatic carbocycles. The van der Waals surface area contributed by atoms with Gasteiger partial charge in [-0.2, -0.15) is 0 Å². The van der Waals surface area contributed by atoms with Crippen LogP contribution in [0.3, 0.4) is 0 Å². The van der Waals surface area contributed by atoms with Gasteiger partial charge in [0.15, 0.2) is 18.9 Å². The van der Waals surface area contributed by atoms with Crippen molar-refractivity contribution in [1.29, 1.82) is 0 Å². The number of aryl methyl sites for hydroxylation is 1. The first-order valence-corrected chi connectivity index (χ1v) is 4.50. The molecule has 0 atom stereocenters. The van der Waals surface area contributed by atoms with Crippen molar-refractivity contribution in [3.05, 3.63) is 30.1 Å². The molecule has 0 N–H and O–H groups in total. The van der Waals surface area contributed by atoms with E-state index in [0.717, 1.165) is 0 Å². The number of pyridine rings is 1. The van der Waals surface area contributed by atoms with Gasteiger partial charge in [-0.3, -0.25) is 0 Å². The Bertz CT molecular complexity index is 315. The molecule has 1 aromatic rings. The Morgan fingerprint density at radius 1 is 1.64 bits per heavy atom. The topological polar surface area (TPSA) is 30.2 Å². The molecule has 0 radical (unpaired) electrons. The van der Waals surface area contributed by atoms with E-state index in [1.165, 1.54) is 0 Å². The third kappa shape index (κ3) is 2.80. The van der Waals surface area contributed by atoms with Gasteiger partial charge >= 0.3 is 5.97 Å². The third-order valence-corrected chi connectivity index (χ3v) is 1.71. The average Bonchev–Trinajstić information content (AvgIpc) is 2.19. The second-order valence-corrected chi connectivity index (χ2v) is 2.74. The van der Waals surface area contributed by atoms with Crippen molar-refractivity contribution in [1.82, 2.24) is 0 Å². The highest BCUT2D eigenvalue weighted by atomic mass is 19.1. The summed E-state index contributed by atoms with van der Waals surface area (Å²) in [4.78, 5) is 11.3. The number of nitrogens with zero attached hydrogens (tertiary/aromatic N) is 1. The van der Waals surface area contributed by atoms with Crippen LogP contribution in [0, 0.1) is 0 Å². The molecule has 0 fully saturated rings. The van der Waals surface area contributed by atoms with E-state index in [0.29, 0.717) is 12.2 Å². The molecular formula is C10H13FNO2+. The van der Waals surface area contributed by atoms with Crippen LogP contribution >= 0.6 is 0 Å². The highest BCUT2D eigenvalue weighted by Gasteiger charge is 2.10. The number of esters is 1. The standard InChI is InChI=1S/C10H13FNO2/c1-2-14-10(13)9-4-3-6-12(8-9)7-5-11/h3-4,6,8H,2,5,7H2,1H3/q+1. The summed E-state index contributed by atoms with van der Waals surface area (Å²) in [5.41, 5.74) is 0.447. The summed E-state index contributed by atoms with van der Waals surface area (Å²) in [6.45, 7) is 1.90. The van der Waals surface area contributed by atoms with E-state index in [4.69, 9.17) is 4.74 Å². The van der Waals surface area contributed by atoms with Gasteiger partial charge < -0.3 is 4.74 Å². The molecular weight excluding hydrogens is 185 g/mol. The van der Waals surface area contributed by atoms with Crippen molar-refractivity contribution in [2.24, 2.45) is 0 Å². The Labute approximate surface area is 82.1 Å². The van der Waals surface area contributed by atoms with Gasteiger partial charge in [0.25, 0.3) is 0 Å². The van der Waals surface area contributed by atoms with E-state index in [1.807, 2.05) is 0 Å². The Balaban J connectivity index is 2.77. The molecule has 3 nitrogen and oxygen atoms in total. The van der Waals surface area contributed by atoms with Gasteiger partial charge in [0.05, 0.1) is 6.61 Å². The normalized spacial score (nSPS) is 9.86. The van der Waals surface area contributed by atoms with E-state index in [-0.39, 0.29) is 12.5 Å². The van der Waals surface area contributed by atoms with Crippen LogP contribution in [0.25, 0.3) is 0 Å². The summed E-state index contributed by atoms with van der Waals surface area (Å²) in [5.74, 6) is -0.374. The number of ether oxygens (including phenoxy) is 1. The Hall–Kier alpha value is -1.45. The highest BCUT2D eigenvalue weighted by molar-refractivity contribution is 5.88. The van der Waals surface area contributed by atoms with Crippen molar-refractivity contribution in [2.75, 3.05) is 13.3 Å². The lowest BCUT2D eigenvalue weighted by Gasteiger charge is -1.99. The van der Waals surface area contributed by atoms with E-state index in [9.17, 15) is 9.18 Å². The van der Waals surface area contributed by atoms with E-state index >= 15 is 0 Å². The minimum atomic E-state index is -0.447. The van der Waals surface area contributed by atoms with Crippen LogP contribution in [0.2, 0.25) is 0 Å². The van der Waals surface area contributed by atoms with Gasteiger partial charge in [0.2, 0.25) is 0 Å². The first-order chi connectivity index (χ1) is 6.77. The Morgan fingerprint density at radius 2 is 2.43 bits per heavy atom. The number of alkyl halides is 1. The minimum Gasteiger partial charge on any atom is -0.462 e. The van der Waals surface area contributed by atoms with Crippen LogP contribution in [0.5, 0.6) is 0 Å². The number of hydrogen-bond acceptors (Lipinski definition) is 2. The summed E-state index contributed by atoms with van der Waals surface area (Å²) in [7, 11) is 0. The highest BCUT2D eigenvalue weighted by Crippen LogP contribution is 1.97. The van der Waals surface area contributed by atoms with E-state index in [1.54, 1.807) is 36.0 Å². The van der Waals surface area contributed by atoms with Gasteiger partial charge in [0, 0.05) is 6.07 Å². The fourth-order valence-electron chi connectivity index (χ4n) is 1.09. The van der Waals surface area contributed by atoms with Gasteiger partial charge in [-0.25, -0.2) is 13.8 Å². The molecule has 0 spiro atoms. The van der Waals surface area contributed by atoms with Crippen LogP contribution in [-0.2, 0) is 11.3 Å². The summed E-state index contributed by atoms with van der Waals surface area (Å²) in [5, 5.41) is 0. The molecule has 0 bridgehead atoms. The van der Waals surface area contributed by atoms with Crippen molar-refractivity contribution >= 4 is 5.97 Å². The lowest BCUT2D eigenvalue weighted by molar-refractivity contribution is -0.697. The summed E-state index contributed by atoms with van der Waals surface area (Å²) >= 11 is 0. The molecule has 0 saturated carbocycles. The van der Waals surface area contributed by atoms with Crippen molar-refractivity contribution < 1.29 is 18.5 Å². The number of carbonyl (C=O) groups excluding carboxylic acids is 1. The monoisotopic (exact) mass is 198 g/mol. The largest absolute Gasteiger partial charge is 0.462 e. The number of halogens is 1. The number of hydrogen-bond donors (Lipinski definition) is 0. The van der Waals surface area contributed by atoms with Gasteiger partial charge in [-0.1, -0.05) is 0 Å². The average molecular weight is 198 g/mol. The van der Waals surface area contributed by atoms with Crippen LogP contribution in [0.4, 0.5) is 4.39 Å². The predicted molar refractivity (Wildman–Crippen MR) is 48.6 cm³/mol. The molecule has 0 aliphatic carbocycles. The summed E-state index contributed by atoms with van der Waals surface area (Å²) in [6, 6.07) is 3.34. The number of aromatic nitrogens is 1. The zero-order chi connectivity index (χ0) is 10.4. The molecule has 0 unspecified atom stereocenters. The molecule has 1 rings (SSSR count). The second-order valence-electron chi connectivity index (χ2n) is 2.74. The van der Waals surface area contributed by atoms with Crippen LogP contribution in [0.1, 0.15) is 17.3 Å². The van der Waals surface area contributed by atoms with Crippen molar-refractivity contribution in [2.45, 2.75) is 13.5 Å².